The van der Waals surface area contributed by atoms with Crippen LogP contribution in [-0.2, 0) is 19.0 Å². The van der Waals surface area contributed by atoms with Gasteiger partial charge >= 0.3 is 0 Å². The number of carbonyl (C=O) groups excluding carboxylic acids is 1. The van der Waals surface area contributed by atoms with Gasteiger partial charge in [0.05, 0.1) is 30.0 Å². The monoisotopic (exact) mass is 317 g/mol. The second-order valence-electron chi connectivity index (χ2n) is 7.40. The van der Waals surface area contributed by atoms with Gasteiger partial charge in [0.25, 0.3) is 0 Å². The van der Waals surface area contributed by atoms with E-state index in [0.717, 1.165) is 0 Å². The van der Waals surface area contributed by atoms with Crippen LogP contribution >= 0.6 is 0 Å². The Morgan fingerprint density at radius 3 is 2.32 bits per heavy atom. The molecule has 1 saturated heterocycles. The highest BCUT2D eigenvalue weighted by molar-refractivity contribution is 5.73. The number of hydrogen-bond acceptors (Lipinski definition) is 5. The zero-order valence-electron chi connectivity index (χ0n) is 14.8. The van der Waals surface area contributed by atoms with Crippen LogP contribution in [0.3, 0.4) is 0 Å². The van der Waals surface area contributed by atoms with E-state index in [1.807, 2.05) is 34.6 Å². The molecule has 0 aromatic heterocycles. The lowest BCUT2D eigenvalue weighted by Gasteiger charge is -2.47. The molecule has 0 spiro atoms. The summed E-state index contributed by atoms with van der Waals surface area (Å²) >= 11 is 0. The molecule has 0 aromatic carbocycles. The van der Waals surface area contributed by atoms with E-state index in [9.17, 15) is 9.90 Å². The van der Waals surface area contributed by atoms with Gasteiger partial charge in [-0.25, -0.2) is 0 Å². The lowest BCUT2D eigenvalue weighted by atomic mass is 9.86. The molecule has 2 N–H and O–H groups in total. The van der Waals surface area contributed by atoms with Crippen molar-refractivity contribution in [2.45, 2.75) is 83.5 Å². The summed E-state index contributed by atoms with van der Waals surface area (Å²) in [4.78, 5) is 11.5. The molecular formula is C16H31NO5. The van der Waals surface area contributed by atoms with Crippen molar-refractivity contribution in [3.63, 3.8) is 0 Å². The van der Waals surface area contributed by atoms with Crippen molar-refractivity contribution in [1.29, 1.82) is 0 Å². The fourth-order valence-electron chi connectivity index (χ4n) is 2.80. The molecule has 0 bridgehead atoms. The zero-order valence-corrected chi connectivity index (χ0v) is 14.8. The van der Waals surface area contributed by atoms with Gasteiger partial charge < -0.3 is 24.6 Å². The molecule has 0 aromatic rings. The molecule has 0 aliphatic carbocycles. The van der Waals surface area contributed by atoms with Crippen LogP contribution in [0.4, 0.5) is 0 Å². The lowest BCUT2D eigenvalue weighted by Crippen LogP contribution is -2.63. The van der Waals surface area contributed by atoms with E-state index in [-0.39, 0.29) is 36.4 Å². The van der Waals surface area contributed by atoms with Crippen molar-refractivity contribution in [3.8, 4) is 0 Å². The fourth-order valence-corrected chi connectivity index (χ4v) is 2.80. The molecule has 1 fully saturated rings. The van der Waals surface area contributed by atoms with Gasteiger partial charge in [0, 0.05) is 14.0 Å². The zero-order chi connectivity index (χ0) is 17.1. The summed E-state index contributed by atoms with van der Waals surface area (Å²) in [5.41, 5.74) is -0.945. The number of methoxy groups -OCH3 is 1. The van der Waals surface area contributed by atoms with Crippen molar-refractivity contribution >= 4 is 5.91 Å². The Balaban J connectivity index is 2.99. The largest absolute Gasteiger partial charge is 0.394 e. The Hall–Kier alpha value is -0.690. The summed E-state index contributed by atoms with van der Waals surface area (Å²) in [6.07, 6.45) is -0.521. The molecule has 1 amide bonds. The first-order chi connectivity index (χ1) is 10.00. The highest BCUT2D eigenvalue weighted by Gasteiger charge is 2.46. The number of ether oxygens (including phenoxy) is 3. The molecule has 22 heavy (non-hydrogen) atoms. The number of nitrogens with one attached hydrogen (secondary N) is 1. The minimum absolute atomic E-state index is 0.123. The highest BCUT2D eigenvalue weighted by Crippen LogP contribution is 2.32. The van der Waals surface area contributed by atoms with Gasteiger partial charge in [0.1, 0.15) is 12.2 Å². The maximum atomic E-state index is 11.5. The minimum atomic E-state index is -0.590. The quantitative estimate of drug-likeness (QED) is 0.798. The highest BCUT2D eigenvalue weighted by atomic mass is 16.6. The van der Waals surface area contributed by atoms with E-state index in [0.29, 0.717) is 6.42 Å². The van der Waals surface area contributed by atoms with E-state index < -0.39 is 11.7 Å². The van der Waals surface area contributed by atoms with Gasteiger partial charge in [-0.15, -0.1) is 0 Å². The summed E-state index contributed by atoms with van der Waals surface area (Å²) in [6, 6.07) is -0.234. The standard InChI is InChI=1S/C16H31NO5/c1-10(19)17-11-8-12(22-15(2,3)4)13(9-18)21-14(11)16(5,6)20-7/h11-14,18H,8-9H2,1-7H3,(H,17,19). The van der Waals surface area contributed by atoms with E-state index in [1.54, 1.807) is 7.11 Å². The van der Waals surface area contributed by atoms with Crippen LogP contribution in [0.1, 0.15) is 48.0 Å². The van der Waals surface area contributed by atoms with Crippen LogP contribution in [0.2, 0.25) is 0 Å². The van der Waals surface area contributed by atoms with Gasteiger partial charge in [-0.2, -0.15) is 0 Å². The van der Waals surface area contributed by atoms with Gasteiger partial charge in [-0.05, 0) is 41.0 Å². The second-order valence-corrected chi connectivity index (χ2v) is 7.40. The van der Waals surface area contributed by atoms with E-state index in [4.69, 9.17) is 14.2 Å². The Kier molecular flexibility index (Phi) is 6.38. The summed E-state index contributed by atoms with van der Waals surface area (Å²) in [5.74, 6) is -0.123. The number of rotatable bonds is 5. The van der Waals surface area contributed by atoms with Crippen molar-refractivity contribution < 1.29 is 24.1 Å². The summed E-state index contributed by atoms with van der Waals surface area (Å²) in [7, 11) is 1.61. The first kappa shape index (κ1) is 19.4. The van der Waals surface area contributed by atoms with Crippen LogP contribution in [-0.4, -0.2) is 60.3 Å². The second kappa shape index (κ2) is 7.25. The molecule has 6 nitrogen and oxygen atoms in total. The SMILES string of the molecule is COC(C)(C)C1OC(CO)C(OC(C)(C)C)CC1NC(C)=O. The normalized spacial score (nSPS) is 30.2. The Labute approximate surface area is 133 Å². The minimum Gasteiger partial charge on any atom is -0.394 e. The first-order valence-electron chi connectivity index (χ1n) is 7.76. The molecule has 0 radical (unpaired) electrons. The van der Waals surface area contributed by atoms with Gasteiger partial charge in [-0.3, -0.25) is 4.79 Å². The van der Waals surface area contributed by atoms with Crippen LogP contribution in [0.15, 0.2) is 0 Å². The lowest BCUT2D eigenvalue weighted by molar-refractivity contribution is -0.231. The summed E-state index contributed by atoms with van der Waals surface area (Å²) in [6.45, 7) is 11.0. The smallest absolute Gasteiger partial charge is 0.217 e. The fraction of sp³-hybridized carbons (Fsp3) is 0.938. The maximum Gasteiger partial charge on any atom is 0.217 e. The molecule has 4 atom stereocenters. The summed E-state index contributed by atoms with van der Waals surface area (Å²) in [5, 5.41) is 12.6. The van der Waals surface area contributed by atoms with Gasteiger partial charge in [0.2, 0.25) is 5.91 Å². The van der Waals surface area contributed by atoms with Crippen molar-refractivity contribution in [3.05, 3.63) is 0 Å². The average Bonchev–Trinajstić information content (AvgIpc) is 2.36. The first-order valence-corrected chi connectivity index (χ1v) is 7.76. The van der Waals surface area contributed by atoms with E-state index in [1.165, 1.54) is 6.92 Å². The summed E-state index contributed by atoms with van der Waals surface area (Å²) < 4.78 is 17.6. The predicted molar refractivity (Wildman–Crippen MR) is 83.7 cm³/mol. The third-order valence-electron chi connectivity index (χ3n) is 3.87. The molecule has 4 unspecified atom stereocenters. The van der Waals surface area contributed by atoms with Crippen LogP contribution in [0.5, 0.6) is 0 Å². The third-order valence-corrected chi connectivity index (χ3v) is 3.87. The van der Waals surface area contributed by atoms with Crippen molar-refractivity contribution in [1.82, 2.24) is 5.32 Å². The number of aliphatic hydroxyl groups excluding tert-OH is 1. The van der Waals surface area contributed by atoms with Crippen LogP contribution < -0.4 is 5.32 Å². The van der Waals surface area contributed by atoms with Gasteiger partial charge in [-0.1, -0.05) is 0 Å². The molecule has 1 aliphatic heterocycles. The predicted octanol–water partition coefficient (Wildman–Crippen LogP) is 1.25. The molecular weight excluding hydrogens is 286 g/mol. The van der Waals surface area contributed by atoms with Crippen molar-refractivity contribution in [2.75, 3.05) is 13.7 Å². The van der Waals surface area contributed by atoms with E-state index in [2.05, 4.69) is 5.32 Å². The molecule has 0 saturated carbocycles. The Bertz CT molecular complexity index is 377. The number of carbonyl (C=O) groups is 1. The van der Waals surface area contributed by atoms with Crippen LogP contribution in [0.25, 0.3) is 0 Å². The maximum absolute atomic E-state index is 11.5. The van der Waals surface area contributed by atoms with Crippen LogP contribution in [0, 0.1) is 0 Å². The number of aliphatic hydroxyl groups is 1. The van der Waals surface area contributed by atoms with Crippen molar-refractivity contribution in [2.24, 2.45) is 0 Å². The Morgan fingerprint density at radius 2 is 1.91 bits per heavy atom. The topological polar surface area (TPSA) is 77.0 Å². The number of amides is 1. The molecule has 130 valence electrons. The Morgan fingerprint density at radius 1 is 1.32 bits per heavy atom. The third kappa shape index (κ3) is 5.19. The number of hydrogen-bond donors (Lipinski definition) is 2. The molecule has 6 heteroatoms. The van der Waals surface area contributed by atoms with E-state index >= 15 is 0 Å². The molecule has 1 heterocycles. The molecule has 1 rings (SSSR count). The molecule has 1 aliphatic rings. The van der Waals surface area contributed by atoms with Gasteiger partial charge in [0.15, 0.2) is 0 Å². The average molecular weight is 317 g/mol.